The van der Waals surface area contributed by atoms with Gasteiger partial charge in [-0.2, -0.15) is 0 Å². The number of ether oxygens (including phenoxy) is 1. The predicted octanol–water partition coefficient (Wildman–Crippen LogP) is 5.43. The topological polar surface area (TPSA) is 9.23 Å². The van der Waals surface area contributed by atoms with Crippen LogP contribution in [0.15, 0.2) is 42.5 Å². The molecule has 18 heavy (non-hydrogen) atoms. The van der Waals surface area contributed by atoms with Crippen molar-refractivity contribution in [3.63, 3.8) is 0 Å². The molecule has 0 saturated heterocycles. The summed E-state index contributed by atoms with van der Waals surface area (Å²) in [5, 5.41) is 0.577. The van der Waals surface area contributed by atoms with Crippen LogP contribution >= 0.6 is 23.2 Å². The summed E-state index contributed by atoms with van der Waals surface area (Å²) in [5.74, 6) is 1.88. The molecule has 2 aromatic carbocycles. The fraction of sp³-hybridized carbons (Fsp3) is 0.200. The second-order valence-corrected chi connectivity index (χ2v) is 4.67. The molecule has 0 aromatic heterocycles. The lowest BCUT2D eigenvalue weighted by atomic mass is 10.2. The number of hydrogen-bond acceptors (Lipinski definition) is 1. The first-order valence-electron chi connectivity index (χ1n) is 5.84. The normalized spacial score (nSPS) is 10.4. The Morgan fingerprint density at radius 2 is 1.67 bits per heavy atom. The van der Waals surface area contributed by atoms with E-state index >= 15 is 0 Å². The van der Waals surface area contributed by atoms with Gasteiger partial charge in [-0.25, -0.2) is 0 Å². The lowest BCUT2D eigenvalue weighted by Crippen LogP contribution is -1.87. The molecule has 0 N–H and O–H groups in total. The van der Waals surface area contributed by atoms with Gasteiger partial charge in [0.1, 0.15) is 11.5 Å². The summed E-state index contributed by atoms with van der Waals surface area (Å²) in [5.41, 5.74) is 2.27. The average Bonchev–Trinajstić information content (AvgIpc) is 2.42. The molecule has 0 atom stereocenters. The summed E-state index contributed by atoms with van der Waals surface area (Å²) in [6.45, 7) is 2.12. The second kappa shape index (κ2) is 6.12. The highest BCUT2D eigenvalue weighted by Gasteiger charge is 2.04. The van der Waals surface area contributed by atoms with Crippen LogP contribution in [-0.4, -0.2) is 0 Å². The molecule has 0 amide bonds. The van der Waals surface area contributed by atoms with E-state index < -0.39 is 0 Å². The Labute approximate surface area is 117 Å². The SMILES string of the molecule is CCc1ccc(Oc2ccc(CCl)cc2Cl)cc1. The van der Waals surface area contributed by atoms with Crippen LogP contribution in [0.4, 0.5) is 0 Å². The van der Waals surface area contributed by atoms with E-state index in [1.807, 2.05) is 30.3 Å². The third-order valence-electron chi connectivity index (χ3n) is 2.71. The highest BCUT2D eigenvalue weighted by atomic mass is 35.5. The van der Waals surface area contributed by atoms with Crippen LogP contribution < -0.4 is 4.74 Å². The van der Waals surface area contributed by atoms with E-state index in [4.69, 9.17) is 27.9 Å². The molecule has 0 radical (unpaired) electrons. The standard InChI is InChI=1S/C15H14Cl2O/c1-2-11-3-6-13(7-4-11)18-15-8-5-12(10-16)9-14(15)17/h3-9H,2,10H2,1H3. The third kappa shape index (κ3) is 3.18. The fourth-order valence-corrected chi connectivity index (χ4v) is 2.04. The maximum Gasteiger partial charge on any atom is 0.146 e. The molecule has 0 aliphatic heterocycles. The molecule has 0 fully saturated rings. The van der Waals surface area contributed by atoms with Crippen molar-refractivity contribution >= 4 is 23.2 Å². The molecule has 2 rings (SSSR count). The van der Waals surface area contributed by atoms with E-state index in [0.29, 0.717) is 16.7 Å². The minimum atomic E-state index is 0.450. The van der Waals surface area contributed by atoms with Gasteiger partial charge in [0.25, 0.3) is 0 Å². The van der Waals surface area contributed by atoms with Crippen molar-refractivity contribution in [3.05, 3.63) is 58.6 Å². The molecular formula is C15H14Cl2O. The smallest absolute Gasteiger partial charge is 0.146 e. The highest BCUT2D eigenvalue weighted by Crippen LogP contribution is 2.30. The lowest BCUT2D eigenvalue weighted by molar-refractivity contribution is 0.482. The van der Waals surface area contributed by atoms with Crippen molar-refractivity contribution in [3.8, 4) is 11.5 Å². The molecule has 3 heteroatoms. The molecule has 0 aliphatic rings. The number of halogens is 2. The summed E-state index contributed by atoms with van der Waals surface area (Å²) in [6, 6.07) is 13.6. The van der Waals surface area contributed by atoms with E-state index in [1.54, 1.807) is 0 Å². The molecule has 0 aliphatic carbocycles. The van der Waals surface area contributed by atoms with Crippen LogP contribution in [0.2, 0.25) is 5.02 Å². The molecule has 94 valence electrons. The molecular weight excluding hydrogens is 267 g/mol. The zero-order valence-corrected chi connectivity index (χ0v) is 11.6. The minimum absolute atomic E-state index is 0.450. The van der Waals surface area contributed by atoms with Crippen LogP contribution in [0, 0.1) is 0 Å². The largest absolute Gasteiger partial charge is 0.456 e. The van der Waals surface area contributed by atoms with Gasteiger partial charge in [0.2, 0.25) is 0 Å². The van der Waals surface area contributed by atoms with Crippen molar-refractivity contribution in [2.24, 2.45) is 0 Å². The maximum atomic E-state index is 6.13. The van der Waals surface area contributed by atoms with Gasteiger partial charge in [-0.3, -0.25) is 0 Å². The molecule has 2 aromatic rings. The Morgan fingerprint density at radius 3 is 2.22 bits per heavy atom. The van der Waals surface area contributed by atoms with Gasteiger partial charge < -0.3 is 4.74 Å². The Morgan fingerprint density at radius 1 is 1.00 bits per heavy atom. The molecule has 0 bridgehead atoms. The van der Waals surface area contributed by atoms with Crippen LogP contribution in [0.5, 0.6) is 11.5 Å². The quantitative estimate of drug-likeness (QED) is 0.678. The Hall–Kier alpha value is -1.18. The monoisotopic (exact) mass is 280 g/mol. The van der Waals surface area contributed by atoms with E-state index in [1.165, 1.54) is 5.56 Å². The molecule has 0 saturated carbocycles. The van der Waals surface area contributed by atoms with Crippen LogP contribution in [-0.2, 0) is 12.3 Å². The second-order valence-electron chi connectivity index (χ2n) is 4.00. The molecule has 1 nitrogen and oxygen atoms in total. The van der Waals surface area contributed by atoms with E-state index in [-0.39, 0.29) is 0 Å². The van der Waals surface area contributed by atoms with Crippen LogP contribution in [0.25, 0.3) is 0 Å². The summed E-state index contributed by atoms with van der Waals surface area (Å²) in [6.07, 6.45) is 1.02. The summed E-state index contributed by atoms with van der Waals surface area (Å²) < 4.78 is 5.73. The zero-order chi connectivity index (χ0) is 13.0. The third-order valence-corrected chi connectivity index (χ3v) is 3.31. The van der Waals surface area contributed by atoms with Gasteiger partial charge in [0.05, 0.1) is 5.02 Å². The number of benzene rings is 2. The van der Waals surface area contributed by atoms with Crippen LogP contribution in [0.1, 0.15) is 18.1 Å². The van der Waals surface area contributed by atoms with E-state index in [9.17, 15) is 0 Å². The Bertz CT molecular complexity index is 521. The first-order chi connectivity index (χ1) is 8.72. The van der Waals surface area contributed by atoms with Crippen molar-refractivity contribution in [1.29, 1.82) is 0 Å². The average molecular weight is 281 g/mol. The number of hydrogen-bond donors (Lipinski definition) is 0. The number of alkyl halides is 1. The first-order valence-corrected chi connectivity index (χ1v) is 6.75. The first kappa shape index (κ1) is 13.3. The summed E-state index contributed by atoms with van der Waals surface area (Å²) in [7, 11) is 0. The van der Waals surface area contributed by atoms with Gasteiger partial charge >= 0.3 is 0 Å². The van der Waals surface area contributed by atoms with Crippen molar-refractivity contribution in [2.45, 2.75) is 19.2 Å². The van der Waals surface area contributed by atoms with Gasteiger partial charge in [-0.15, -0.1) is 11.6 Å². The van der Waals surface area contributed by atoms with Crippen molar-refractivity contribution in [2.75, 3.05) is 0 Å². The minimum Gasteiger partial charge on any atom is -0.456 e. The molecule has 0 heterocycles. The fourth-order valence-electron chi connectivity index (χ4n) is 1.63. The van der Waals surface area contributed by atoms with Crippen molar-refractivity contribution < 1.29 is 4.74 Å². The van der Waals surface area contributed by atoms with E-state index in [2.05, 4.69) is 19.1 Å². The summed E-state index contributed by atoms with van der Waals surface area (Å²) >= 11 is 11.9. The Kier molecular flexibility index (Phi) is 4.51. The van der Waals surface area contributed by atoms with Gasteiger partial charge in [0.15, 0.2) is 0 Å². The highest BCUT2D eigenvalue weighted by molar-refractivity contribution is 6.32. The lowest BCUT2D eigenvalue weighted by Gasteiger charge is -2.09. The molecule has 0 unspecified atom stereocenters. The maximum absolute atomic E-state index is 6.13. The van der Waals surface area contributed by atoms with Gasteiger partial charge in [-0.05, 0) is 41.8 Å². The Balaban J connectivity index is 2.17. The van der Waals surface area contributed by atoms with Gasteiger partial charge in [0, 0.05) is 5.88 Å². The molecule has 0 spiro atoms. The number of aryl methyl sites for hydroxylation is 1. The van der Waals surface area contributed by atoms with Gasteiger partial charge in [-0.1, -0.05) is 36.7 Å². The van der Waals surface area contributed by atoms with Crippen LogP contribution in [0.3, 0.4) is 0 Å². The van der Waals surface area contributed by atoms with Crippen molar-refractivity contribution in [1.82, 2.24) is 0 Å². The summed E-state index contributed by atoms with van der Waals surface area (Å²) in [4.78, 5) is 0. The predicted molar refractivity (Wildman–Crippen MR) is 76.9 cm³/mol. The number of rotatable bonds is 4. The van der Waals surface area contributed by atoms with E-state index in [0.717, 1.165) is 17.7 Å². The zero-order valence-electron chi connectivity index (χ0n) is 10.1.